The third-order valence-corrected chi connectivity index (χ3v) is 6.45. The average Bonchev–Trinajstić information content (AvgIpc) is 3.19. The molecule has 0 bridgehead atoms. The summed E-state index contributed by atoms with van der Waals surface area (Å²) in [6.45, 7) is 3.67. The monoisotopic (exact) mass is 383 g/mol. The van der Waals surface area contributed by atoms with Crippen LogP contribution in [0.1, 0.15) is 11.1 Å². The van der Waals surface area contributed by atoms with Crippen LogP contribution >= 0.6 is 11.3 Å². The maximum Gasteiger partial charge on any atom is 0.262 e. The Hall–Kier alpha value is -2.64. The number of fused-ring (bicyclic) bond motifs is 1. The van der Waals surface area contributed by atoms with Gasteiger partial charge in [-0.05, 0) is 37.1 Å². The van der Waals surface area contributed by atoms with Crippen molar-refractivity contribution >= 4 is 32.0 Å². The molecule has 0 saturated heterocycles. The number of sulfonamides is 1. The lowest BCUT2D eigenvalue weighted by molar-refractivity contribution is 0.600. The number of anilines is 1. The maximum absolute atomic E-state index is 12.9. The molecule has 2 heterocycles. The minimum atomic E-state index is -3.70. The Kier molecular flexibility index (Phi) is 4.05. The summed E-state index contributed by atoms with van der Waals surface area (Å²) in [5.74, 6) is 0. The zero-order valence-corrected chi connectivity index (χ0v) is 15.9. The van der Waals surface area contributed by atoms with E-state index in [0.717, 1.165) is 21.8 Å². The van der Waals surface area contributed by atoms with E-state index in [-0.39, 0.29) is 4.90 Å². The molecule has 0 aliphatic rings. The summed E-state index contributed by atoms with van der Waals surface area (Å²) in [5.41, 5.74) is 3.61. The van der Waals surface area contributed by atoms with Crippen LogP contribution in [-0.2, 0) is 10.0 Å². The van der Waals surface area contributed by atoms with Gasteiger partial charge in [0.2, 0.25) is 0 Å². The van der Waals surface area contributed by atoms with Crippen LogP contribution in [0.25, 0.3) is 16.2 Å². The van der Waals surface area contributed by atoms with Crippen LogP contribution in [0.5, 0.6) is 0 Å². The fourth-order valence-corrected chi connectivity index (χ4v) is 4.96. The van der Waals surface area contributed by atoms with Crippen molar-refractivity contribution < 1.29 is 8.42 Å². The van der Waals surface area contributed by atoms with Crippen LogP contribution < -0.4 is 4.72 Å². The molecule has 7 heteroatoms. The highest BCUT2D eigenvalue weighted by Gasteiger charge is 2.19. The molecule has 2 aromatic heterocycles. The van der Waals surface area contributed by atoms with Crippen LogP contribution in [0.3, 0.4) is 0 Å². The number of nitrogens with zero attached hydrogens (tertiary/aromatic N) is 2. The Balaban J connectivity index is 1.77. The standard InChI is InChI=1S/C19H17N3O2S2/c1-13-7-8-14(2)18(11-13)26(23,24)21-16-6-4-3-5-15(16)17-12-22-9-10-25-19(22)20-17/h3-12,21H,1-2H3. The molecule has 5 nitrogen and oxygen atoms in total. The average molecular weight is 383 g/mol. The fourth-order valence-electron chi connectivity index (χ4n) is 2.85. The first-order chi connectivity index (χ1) is 12.4. The number of aryl methyl sites for hydroxylation is 2. The highest BCUT2D eigenvalue weighted by Crippen LogP contribution is 2.30. The van der Waals surface area contributed by atoms with Gasteiger partial charge < -0.3 is 0 Å². The van der Waals surface area contributed by atoms with E-state index >= 15 is 0 Å². The number of thiazole rings is 1. The van der Waals surface area contributed by atoms with Crippen LogP contribution in [0.4, 0.5) is 5.69 Å². The molecule has 0 fully saturated rings. The van der Waals surface area contributed by atoms with Crippen molar-refractivity contribution in [2.75, 3.05) is 4.72 Å². The van der Waals surface area contributed by atoms with Gasteiger partial charge in [0.25, 0.3) is 10.0 Å². The van der Waals surface area contributed by atoms with E-state index in [1.165, 1.54) is 11.3 Å². The van der Waals surface area contributed by atoms with Crippen molar-refractivity contribution in [1.82, 2.24) is 9.38 Å². The molecule has 4 aromatic rings. The van der Waals surface area contributed by atoms with Crippen molar-refractivity contribution in [1.29, 1.82) is 0 Å². The molecule has 0 atom stereocenters. The van der Waals surface area contributed by atoms with Gasteiger partial charge in [0.1, 0.15) is 0 Å². The van der Waals surface area contributed by atoms with E-state index in [1.807, 2.05) is 59.4 Å². The third kappa shape index (κ3) is 3.00. The first-order valence-electron chi connectivity index (χ1n) is 8.06. The second-order valence-corrected chi connectivity index (χ2v) is 8.66. The number of hydrogen-bond donors (Lipinski definition) is 1. The number of aromatic nitrogens is 2. The Morgan fingerprint density at radius 2 is 1.92 bits per heavy atom. The predicted octanol–water partition coefficient (Wildman–Crippen LogP) is 4.48. The molecular weight excluding hydrogens is 366 g/mol. The summed E-state index contributed by atoms with van der Waals surface area (Å²) in [7, 11) is -3.70. The molecule has 26 heavy (non-hydrogen) atoms. The smallest absolute Gasteiger partial charge is 0.262 e. The summed E-state index contributed by atoms with van der Waals surface area (Å²) >= 11 is 1.54. The first-order valence-corrected chi connectivity index (χ1v) is 10.4. The van der Waals surface area contributed by atoms with E-state index in [4.69, 9.17) is 0 Å². The van der Waals surface area contributed by atoms with Crippen LogP contribution in [0.15, 0.2) is 65.1 Å². The Morgan fingerprint density at radius 1 is 1.12 bits per heavy atom. The van der Waals surface area contributed by atoms with E-state index in [9.17, 15) is 8.42 Å². The SMILES string of the molecule is Cc1ccc(C)c(S(=O)(=O)Nc2ccccc2-c2cn3ccsc3n2)c1. The Morgan fingerprint density at radius 3 is 2.73 bits per heavy atom. The maximum atomic E-state index is 12.9. The van der Waals surface area contributed by atoms with Crippen LogP contribution in [-0.4, -0.2) is 17.8 Å². The fraction of sp³-hybridized carbons (Fsp3) is 0.105. The zero-order valence-electron chi connectivity index (χ0n) is 14.3. The number of para-hydroxylation sites is 1. The number of nitrogens with one attached hydrogen (secondary N) is 1. The number of rotatable bonds is 4. The largest absolute Gasteiger partial charge is 0.297 e. The third-order valence-electron chi connectivity index (χ3n) is 4.17. The lowest BCUT2D eigenvalue weighted by Gasteiger charge is -2.13. The van der Waals surface area contributed by atoms with Gasteiger partial charge in [-0.1, -0.05) is 30.3 Å². The Bertz CT molecular complexity index is 1180. The summed E-state index contributed by atoms with van der Waals surface area (Å²) in [6.07, 6.45) is 3.83. The lowest BCUT2D eigenvalue weighted by atomic mass is 10.1. The molecule has 0 unspecified atom stereocenters. The lowest BCUT2D eigenvalue weighted by Crippen LogP contribution is -2.15. The molecule has 0 aliphatic heterocycles. The highest BCUT2D eigenvalue weighted by atomic mass is 32.2. The van der Waals surface area contributed by atoms with Gasteiger partial charge in [0, 0.05) is 23.3 Å². The van der Waals surface area contributed by atoms with Gasteiger partial charge in [-0.2, -0.15) is 0 Å². The number of imidazole rings is 1. The minimum absolute atomic E-state index is 0.290. The highest BCUT2D eigenvalue weighted by molar-refractivity contribution is 7.92. The van der Waals surface area contributed by atoms with Gasteiger partial charge >= 0.3 is 0 Å². The molecule has 0 spiro atoms. The van der Waals surface area contributed by atoms with Crippen molar-refractivity contribution in [2.45, 2.75) is 18.7 Å². The summed E-state index contributed by atoms with van der Waals surface area (Å²) in [6, 6.07) is 12.7. The predicted molar refractivity (Wildman–Crippen MR) is 105 cm³/mol. The summed E-state index contributed by atoms with van der Waals surface area (Å²) in [5, 5.41) is 1.96. The van der Waals surface area contributed by atoms with Crippen molar-refractivity contribution in [3.8, 4) is 11.3 Å². The van der Waals surface area contributed by atoms with E-state index < -0.39 is 10.0 Å². The van der Waals surface area contributed by atoms with Gasteiger partial charge in [-0.3, -0.25) is 9.12 Å². The van der Waals surface area contributed by atoms with E-state index in [2.05, 4.69) is 9.71 Å². The second kappa shape index (κ2) is 6.26. The summed E-state index contributed by atoms with van der Waals surface area (Å²) in [4.78, 5) is 5.74. The molecule has 0 aliphatic carbocycles. The molecule has 1 N–H and O–H groups in total. The zero-order chi connectivity index (χ0) is 18.3. The molecule has 0 amide bonds. The van der Waals surface area contributed by atoms with Crippen molar-refractivity contribution in [2.24, 2.45) is 0 Å². The molecule has 4 rings (SSSR count). The Labute approximate surface area is 156 Å². The molecule has 2 aromatic carbocycles. The number of benzene rings is 2. The van der Waals surface area contributed by atoms with Gasteiger partial charge in [-0.25, -0.2) is 13.4 Å². The van der Waals surface area contributed by atoms with Gasteiger partial charge in [0.15, 0.2) is 4.96 Å². The minimum Gasteiger partial charge on any atom is -0.297 e. The van der Waals surface area contributed by atoms with Crippen molar-refractivity contribution in [3.05, 3.63) is 71.4 Å². The topological polar surface area (TPSA) is 63.5 Å². The van der Waals surface area contributed by atoms with Crippen LogP contribution in [0, 0.1) is 13.8 Å². The molecule has 132 valence electrons. The van der Waals surface area contributed by atoms with Crippen molar-refractivity contribution in [3.63, 3.8) is 0 Å². The van der Waals surface area contributed by atoms with Gasteiger partial charge in [-0.15, -0.1) is 11.3 Å². The van der Waals surface area contributed by atoms with Crippen LogP contribution in [0.2, 0.25) is 0 Å². The molecule has 0 radical (unpaired) electrons. The van der Waals surface area contributed by atoms with E-state index in [1.54, 1.807) is 19.1 Å². The van der Waals surface area contributed by atoms with Gasteiger partial charge in [0.05, 0.1) is 16.3 Å². The molecular formula is C19H17N3O2S2. The first kappa shape index (κ1) is 16.8. The number of hydrogen-bond acceptors (Lipinski definition) is 4. The summed E-state index contributed by atoms with van der Waals surface area (Å²) < 4.78 is 30.6. The quantitative estimate of drug-likeness (QED) is 0.565. The van der Waals surface area contributed by atoms with E-state index in [0.29, 0.717) is 11.3 Å². The molecule has 0 saturated carbocycles. The normalized spacial score (nSPS) is 11.8. The second-order valence-electron chi connectivity index (χ2n) is 6.14.